The van der Waals surface area contributed by atoms with E-state index in [9.17, 15) is 19.2 Å². The molecule has 1 N–H and O–H groups in total. The number of carbonyl (C=O) groups is 3. The summed E-state index contributed by atoms with van der Waals surface area (Å²) in [6, 6.07) is 4.52. The maximum Gasteiger partial charge on any atom is 0.296 e. The molecule has 4 heterocycles. The van der Waals surface area contributed by atoms with Crippen LogP contribution in [0.1, 0.15) is 33.0 Å². The minimum atomic E-state index is -0.472. The Morgan fingerprint density at radius 2 is 1.82 bits per heavy atom. The Balaban J connectivity index is 1.34. The summed E-state index contributed by atoms with van der Waals surface area (Å²) in [7, 11) is 1.35. The summed E-state index contributed by atoms with van der Waals surface area (Å²) in [5.41, 5.74) is -0.467. The molecule has 4 rings (SSSR count). The molecule has 1 unspecified atom stereocenters. The second-order valence-electron chi connectivity index (χ2n) is 7.95. The first-order valence-corrected chi connectivity index (χ1v) is 11.8. The van der Waals surface area contributed by atoms with Gasteiger partial charge in [0.2, 0.25) is 5.91 Å². The molecular formula is C21H24ClN5O5S. The number of aromatic amines is 1. The van der Waals surface area contributed by atoms with Crippen LogP contribution in [-0.4, -0.2) is 88.8 Å². The van der Waals surface area contributed by atoms with Gasteiger partial charge in [-0.15, -0.1) is 11.3 Å². The summed E-state index contributed by atoms with van der Waals surface area (Å²) in [6.07, 6.45) is 1.49. The number of thiophene rings is 1. The van der Waals surface area contributed by atoms with Crippen molar-refractivity contribution in [3.63, 3.8) is 0 Å². The van der Waals surface area contributed by atoms with Crippen molar-refractivity contribution in [2.75, 3.05) is 46.4 Å². The van der Waals surface area contributed by atoms with Gasteiger partial charge >= 0.3 is 0 Å². The number of hydrogen-bond acceptors (Lipinski definition) is 7. The number of carbonyl (C=O) groups excluding carboxylic acids is 3. The highest BCUT2D eigenvalue weighted by molar-refractivity contribution is 7.17. The van der Waals surface area contributed by atoms with Crippen molar-refractivity contribution in [2.24, 2.45) is 5.92 Å². The van der Waals surface area contributed by atoms with E-state index in [0.29, 0.717) is 48.5 Å². The standard InChI is InChI=1S/C21H24ClN5O5S/c1-32-21-23-14(11-17(28)24-21)19(30)26-9-7-25(8-10-26)18(29)13-3-2-6-27(12-13)20(31)15-4-5-16(22)33-15/h4-5,11,13H,2-3,6-10,12H2,1H3,(H,23,24,28). The van der Waals surface area contributed by atoms with E-state index in [1.54, 1.807) is 26.8 Å². The van der Waals surface area contributed by atoms with Crippen molar-refractivity contribution in [3.05, 3.63) is 43.5 Å². The van der Waals surface area contributed by atoms with Crippen LogP contribution in [0.2, 0.25) is 4.34 Å². The number of aromatic nitrogens is 2. The Bertz CT molecular complexity index is 1110. The molecule has 2 aliphatic rings. The molecule has 0 saturated carbocycles. The number of piperazine rings is 1. The highest BCUT2D eigenvalue weighted by atomic mass is 35.5. The SMILES string of the molecule is COc1nc(C(=O)N2CCN(C(=O)C3CCCN(C(=O)c4ccc(Cl)s4)C3)CC2)cc(=O)[nH]1. The second-order valence-corrected chi connectivity index (χ2v) is 9.67. The third kappa shape index (κ3) is 5.19. The van der Waals surface area contributed by atoms with E-state index in [2.05, 4.69) is 9.97 Å². The highest BCUT2D eigenvalue weighted by Gasteiger charge is 2.34. The Morgan fingerprint density at radius 3 is 2.48 bits per heavy atom. The molecule has 1 atom stereocenters. The number of H-pyrrole nitrogens is 1. The molecule has 10 nitrogen and oxygen atoms in total. The molecular weight excluding hydrogens is 470 g/mol. The average Bonchev–Trinajstić information content (AvgIpc) is 3.28. The van der Waals surface area contributed by atoms with Crippen LogP contribution >= 0.6 is 22.9 Å². The molecule has 0 spiro atoms. The average molecular weight is 494 g/mol. The minimum Gasteiger partial charge on any atom is -0.468 e. The topological polar surface area (TPSA) is 116 Å². The predicted molar refractivity (Wildman–Crippen MR) is 122 cm³/mol. The van der Waals surface area contributed by atoms with Gasteiger partial charge in [0.25, 0.3) is 23.4 Å². The van der Waals surface area contributed by atoms with Crippen molar-refractivity contribution in [2.45, 2.75) is 12.8 Å². The first-order valence-electron chi connectivity index (χ1n) is 10.6. The maximum absolute atomic E-state index is 13.1. The fourth-order valence-corrected chi connectivity index (χ4v) is 5.15. The fourth-order valence-electron chi connectivity index (χ4n) is 4.14. The van der Waals surface area contributed by atoms with Crippen LogP contribution in [0, 0.1) is 5.92 Å². The van der Waals surface area contributed by atoms with Gasteiger partial charge in [-0.3, -0.25) is 24.2 Å². The number of rotatable bonds is 4. The Kier molecular flexibility index (Phi) is 6.99. The van der Waals surface area contributed by atoms with Crippen LogP contribution in [0.4, 0.5) is 0 Å². The third-order valence-corrected chi connectivity index (χ3v) is 7.07. The van der Waals surface area contributed by atoms with Crippen molar-refractivity contribution >= 4 is 40.7 Å². The number of hydrogen-bond donors (Lipinski definition) is 1. The lowest BCUT2D eigenvalue weighted by atomic mass is 9.96. The van der Waals surface area contributed by atoms with Gasteiger partial charge in [-0.25, -0.2) is 0 Å². The Hall–Kier alpha value is -2.92. The number of nitrogens with one attached hydrogen (secondary N) is 1. The van der Waals surface area contributed by atoms with Crippen molar-refractivity contribution < 1.29 is 19.1 Å². The summed E-state index contributed by atoms with van der Waals surface area (Å²) in [5, 5.41) is 0. The van der Waals surface area contributed by atoms with Crippen molar-refractivity contribution in [3.8, 4) is 6.01 Å². The molecule has 176 valence electrons. The number of piperidine rings is 1. The number of amides is 3. The number of likely N-dealkylation sites (tertiary alicyclic amines) is 1. The second kappa shape index (κ2) is 9.92. The zero-order valence-electron chi connectivity index (χ0n) is 18.1. The number of methoxy groups -OCH3 is 1. The first kappa shape index (κ1) is 23.2. The van der Waals surface area contributed by atoms with Crippen LogP contribution in [0.3, 0.4) is 0 Å². The zero-order valence-corrected chi connectivity index (χ0v) is 19.7. The van der Waals surface area contributed by atoms with E-state index in [-0.39, 0.29) is 35.3 Å². The lowest BCUT2D eigenvalue weighted by Crippen LogP contribution is -2.54. The zero-order chi connectivity index (χ0) is 23.5. The summed E-state index contributed by atoms with van der Waals surface area (Å²) in [5.74, 6) is -0.741. The van der Waals surface area contributed by atoms with Crippen molar-refractivity contribution in [1.82, 2.24) is 24.7 Å². The monoisotopic (exact) mass is 493 g/mol. The Labute approximate surface area is 199 Å². The van der Waals surface area contributed by atoms with E-state index in [1.807, 2.05) is 0 Å². The first-order chi connectivity index (χ1) is 15.9. The number of halogens is 1. The molecule has 3 amide bonds. The van der Waals surface area contributed by atoms with E-state index in [1.165, 1.54) is 18.4 Å². The molecule has 2 aromatic heterocycles. The van der Waals surface area contributed by atoms with E-state index < -0.39 is 5.56 Å². The summed E-state index contributed by atoms with van der Waals surface area (Å²) in [4.78, 5) is 62.4. The van der Waals surface area contributed by atoms with E-state index in [4.69, 9.17) is 16.3 Å². The van der Waals surface area contributed by atoms with E-state index >= 15 is 0 Å². The normalized spacial score (nSPS) is 18.8. The lowest BCUT2D eigenvalue weighted by Gasteiger charge is -2.38. The molecule has 33 heavy (non-hydrogen) atoms. The molecule has 2 fully saturated rings. The summed E-state index contributed by atoms with van der Waals surface area (Å²) < 4.78 is 5.48. The van der Waals surface area contributed by atoms with Gasteiger partial charge in [0.1, 0.15) is 5.69 Å². The molecule has 2 aliphatic heterocycles. The highest BCUT2D eigenvalue weighted by Crippen LogP contribution is 2.26. The largest absolute Gasteiger partial charge is 0.468 e. The molecule has 2 aromatic rings. The minimum absolute atomic E-state index is 0.000222. The van der Waals surface area contributed by atoms with Crippen LogP contribution in [0.5, 0.6) is 6.01 Å². The van der Waals surface area contributed by atoms with Gasteiger partial charge in [0.05, 0.1) is 22.2 Å². The van der Waals surface area contributed by atoms with Gasteiger partial charge in [-0.05, 0) is 25.0 Å². The molecule has 0 radical (unpaired) electrons. The smallest absolute Gasteiger partial charge is 0.296 e. The third-order valence-electron chi connectivity index (χ3n) is 5.85. The maximum atomic E-state index is 13.1. The van der Waals surface area contributed by atoms with Gasteiger partial charge in [0.15, 0.2) is 0 Å². The van der Waals surface area contributed by atoms with Gasteiger partial charge < -0.3 is 19.4 Å². The molecule has 0 bridgehead atoms. The van der Waals surface area contributed by atoms with Crippen LogP contribution in [0.25, 0.3) is 0 Å². The summed E-state index contributed by atoms with van der Waals surface area (Å²) in [6.45, 7) is 2.44. The molecule has 2 saturated heterocycles. The predicted octanol–water partition coefficient (Wildman–Crippen LogP) is 1.33. The summed E-state index contributed by atoms with van der Waals surface area (Å²) >= 11 is 7.19. The van der Waals surface area contributed by atoms with Crippen LogP contribution < -0.4 is 10.3 Å². The molecule has 0 aromatic carbocycles. The number of nitrogens with zero attached hydrogens (tertiary/aromatic N) is 4. The molecule has 0 aliphatic carbocycles. The van der Waals surface area contributed by atoms with Gasteiger partial charge in [0, 0.05) is 45.3 Å². The van der Waals surface area contributed by atoms with Crippen LogP contribution in [0.15, 0.2) is 23.0 Å². The Morgan fingerprint density at radius 1 is 1.09 bits per heavy atom. The molecule has 12 heteroatoms. The lowest BCUT2D eigenvalue weighted by molar-refractivity contribution is -0.138. The quantitative estimate of drug-likeness (QED) is 0.687. The fraction of sp³-hybridized carbons (Fsp3) is 0.476. The number of ether oxygens (including phenoxy) is 1. The van der Waals surface area contributed by atoms with Crippen LogP contribution in [-0.2, 0) is 4.79 Å². The van der Waals surface area contributed by atoms with Gasteiger partial charge in [-0.2, -0.15) is 4.98 Å². The van der Waals surface area contributed by atoms with Crippen molar-refractivity contribution in [1.29, 1.82) is 0 Å². The van der Waals surface area contributed by atoms with E-state index in [0.717, 1.165) is 18.9 Å². The van der Waals surface area contributed by atoms with Gasteiger partial charge in [-0.1, -0.05) is 11.6 Å².